The maximum atomic E-state index is 12.0. The molecule has 0 radical (unpaired) electrons. The molecule has 1 aromatic rings. The van der Waals surface area contributed by atoms with Crippen LogP contribution in [0.3, 0.4) is 0 Å². The summed E-state index contributed by atoms with van der Waals surface area (Å²) in [5.74, 6) is 0.0625. The van der Waals surface area contributed by atoms with Crippen LogP contribution in [0.25, 0.3) is 0 Å². The first-order chi connectivity index (χ1) is 7.81. The molecule has 2 heterocycles. The lowest BCUT2D eigenvalue weighted by atomic mass is 10.2. The highest BCUT2D eigenvalue weighted by Crippen LogP contribution is 2.14. The Balaban J connectivity index is 1.96. The summed E-state index contributed by atoms with van der Waals surface area (Å²) in [4.78, 5) is 13.8. The zero-order valence-corrected chi connectivity index (χ0v) is 9.78. The molecule has 1 atom stereocenters. The van der Waals surface area contributed by atoms with Gasteiger partial charge < -0.3 is 14.7 Å². The molecular formula is C11H15NO3S. The van der Waals surface area contributed by atoms with Gasteiger partial charge in [-0.25, -0.2) is 0 Å². The molecule has 1 aromatic heterocycles. The number of hydrogen-bond donors (Lipinski definition) is 1. The largest absolute Gasteiger partial charge is 0.396 e. The quantitative estimate of drug-likeness (QED) is 0.858. The van der Waals surface area contributed by atoms with E-state index in [0.717, 1.165) is 5.56 Å². The number of rotatable bonds is 3. The van der Waals surface area contributed by atoms with Crippen molar-refractivity contribution in [2.75, 3.05) is 26.3 Å². The predicted molar refractivity (Wildman–Crippen MR) is 61.7 cm³/mol. The van der Waals surface area contributed by atoms with Crippen molar-refractivity contribution in [2.45, 2.75) is 12.5 Å². The third kappa shape index (κ3) is 2.61. The van der Waals surface area contributed by atoms with Gasteiger partial charge in [0.15, 0.2) is 0 Å². The summed E-state index contributed by atoms with van der Waals surface area (Å²) < 4.78 is 5.46. The van der Waals surface area contributed by atoms with Crippen LogP contribution in [0.5, 0.6) is 0 Å². The first-order valence-corrected chi connectivity index (χ1v) is 6.29. The molecule has 4 nitrogen and oxygen atoms in total. The summed E-state index contributed by atoms with van der Waals surface area (Å²) in [6, 6.07) is 1.84. The average molecular weight is 241 g/mol. The molecule has 1 aliphatic rings. The van der Waals surface area contributed by atoms with Gasteiger partial charge in [-0.05, 0) is 17.9 Å². The number of hydrogen-bond acceptors (Lipinski definition) is 4. The summed E-state index contributed by atoms with van der Waals surface area (Å²) >= 11 is 1.52. The number of ether oxygens (including phenoxy) is 1. The Morgan fingerprint density at radius 1 is 1.69 bits per heavy atom. The molecular weight excluding hydrogens is 226 g/mol. The summed E-state index contributed by atoms with van der Waals surface area (Å²) in [5.41, 5.74) is 0.745. The number of morpholine rings is 1. The summed E-state index contributed by atoms with van der Waals surface area (Å²) in [6.45, 7) is 1.87. The molecule has 0 bridgehead atoms. The fourth-order valence-electron chi connectivity index (χ4n) is 1.79. The number of amides is 1. The Kier molecular flexibility index (Phi) is 3.93. The van der Waals surface area contributed by atoms with Crippen LogP contribution >= 0.6 is 11.3 Å². The molecule has 88 valence electrons. The van der Waals surface area contributed by atoms with Crippen LogP contribution in [-0.2, 0) is 4.74 Å². The smallest absolute Gasteiger partial charge is 0.254 e. The summed E-state index contributed by atoms with van der Waals surface area (Å²) in [7, 11) is 0. The number of aliphatic hydroxyl groups excluding tert-OH is 1. The normalized spacial score (nSPS) is 21.1. The average Bonchev–Trinajstić information content (AvgIpc) is 2.82. The molecule has 16 heavy (non-hydrogen) atoms. The molecule has 5 heteroatoms. The Morgan fingerprint density at radius 2 is 2.56 bits per heavy atom. The van der Waals surface area contributed by atoms with Gasteiger partial charge in [0.05, 0.1) is 18.3 Å². The van der Waals surface area contributed by atoms with Crippen molar-refractivity contribution in [2.24, 2.45) is 0 Å². The van der Waals surface area contributed by atoms with Crippen LogP contribution in [0.15, 0.2) is 16.8 Å². The van der Waals surface area contributed by atoms with Gasteiger partial charge in [0.2, 0.25) is 0 Å². The number of carbonyl (C=O) groups excluding carboxylic acids is 1. The number of nitrogens with zero attached hydrogens (tertiary/aromatic N) is 1. The van der Waals surface area contributed by atoms with Crippen LogP contribution < -0.4 is 0 Å². The molecule has 2 rings (SSSR count). The van der Waals surface area contributed by atoms with Gasteiger partial charge in [-0.1, -0.05) is 0 Å². The highest BCUT2D eigenvalue weighted by molar-refractivity contribution is 7.08. The summed E-state index contributed by atoms with van der Waals surface area (Å²) in [6.07, 6.45) is 0.564. The van der Waals surface area contributed by atoms with Crippen molar-refractivity contribution >= 4 is 17.2 Å². The van der Waals surface area contributed by atoms with Crippen molar-refractivity contribution in [1.82, 2.24) is 4.90 Å². The highest BCUT2D eigenvalue weighted by atomic mass is 32.1. The molecule has 1 amide bonds. The molecule has 1 N–H and O–H groups in total. The zero-order valence-electron chi connectivity index (χ0n) is 8.96. The van der Waals surface area contributed by atoms with E-state index in [1.807, 2.05) is 16.8 Å². The van der Waals surface area contributed by atoms with E-state index < -0.39 is 0 Å². The molecule has 0 aliphatic carbocycles. The Morgan fingerprint density at radius 3 is 3.25 bits per heavy atom. The second-order valence-electron chi connectivity index (χ2n) is 3.77. The van der Waals surface area contributed by atoms with Crippen LogP contribution in [0.1, 0.15) is 16.8 Å². The fourth-order valence-corrected chi connectivity index (χ4v) is 2.42. The highest BCUT2D eigenvalue weighted by Gasteiger charge is 2.24. The van der Waals surface area contributed by atoms with E-state index in [1.54, 1.807) is 4.90 Å². The number of carbonyl (C=O) groups is 1. The monoisotopic (exact) mass is 241 g/mol. The molecule has 0 saturated carbocycles. The lowest BCUT2D eigenvalue weighted by molar-refractivity contribution is -0.0306. The molecule has 1 aliphatic heterocycles. The Bertz CT molecular complexity index is 337. The molecule has 1 fully saturated rings. The van der Waals surface area contributed by atoms with Crippen LogP contribution in [0.4, 0.5) is 0 Å². The van der Waals surface area contributed by atoms with Crippen molar-refractivity contribution in [3.63, 3.8) is 0 Å². The van der Waals surface area contributed by atoms with Gasteiger partial charge in [0.1, 0.15) is 0 Å². The Hall–Kier alpha value is -0.910. The third-order valence-electron chi connectivity index (χ3n) is 2.65. The third-order valence-corrected chi connectivity index (χ3v) is 3.33. The van der Waals surface area contributed by atoms with Crippen molar-refractivity contribution in [3.05, 3.63) is 22.4 Å². The maximum absolute atomic E-state index is 12.0. The minimum Gasteiger partial charge on any atom is -0.396 e. The van der Waals surface area contributed by atoms with E-state index in [1.165, 1.54) is 11.3 Å². The molecule has 1 saturated heterocycles. The lowest BCUT2D eigenvalue weighted by Gasteiger charge is -2.32. The summed E-state index contributed by atoms with van der Waals surface area (Å²) in [5, 5.41) is 12.6. The van der Waals surface area contributed by atoms with Gasteiger partial charge in [-0.15, -0.1) is 0 Å². The SMILES string of the molecule is O=C(c1ccsc1)N1CCOC(CCO)C1. The molecule has 1 unspecified atom stereocenters. The zero-order chi connectivity index (χ0) is 11.4. The van der Waals surface area contributed by atoms with Crippen LogP contribution in [0.2, 0.25) is 0 Å². The van der Waals surface area contributed by atoms with E-state index in [4.69, 9.17) is 9.84 Å². The van der Waals surface area contributed by atoms with Gasteiger partial charge in [0, 0.05) is 25.1 Å². The lowest BCUT2D eigenvalue weighted by Crippen LogP contribution is -2.45. The fraction of sp³-hybridized carbons (Fsp3) is 0.545. The Labute approximate surface area is 98.4 Å². The van der Waals surface area contributed by atoms with E-state index in [9.17, 15) is 4.79 Å². The minimum absolute atomic E-state index is 0.0265. The standard InChI is InChI=1S/C11H15NO3S/c13-4-1-10-7-12(3-5-15-10)11(14)9-2-6-16-8-9/h2,6,8,10,13H,1,3-5,7H2. The van der Waals surface area contributed by atoms with E-state index in [-0.39, 0.29) is 18.6 Å². The number of aliphatic hydroxyl groups is 1. The number of thiophene rings is 1. The predicted octanol–water partition coefficient (Wildman–Crippen LogP) is 0.972. The van der Waals surface area contributed by atoms with Crippen LogP contribution in [-0.4, -0.2) is 48.3 Å². The van der Waals surface area contributed by atoms with Crippen LogP contribution in [0, 0.1) is 0 Å². The van der Waals surface area contributed by atoms with Gasteiger partial charge in [-0.3, -0.25) is 4.79 Å². The second kappa shape index (κ2) is 5.43. The van der Waals surface area contributed by atoms with Crippen molar-refractivity contribution in [3.8, 4) is 0 Å². The van der Waals surface area contributed by atoms with Crippen molar-refractivity contribution < 1.29 is 14.6 Å². The van der Waals surface area contributed by atoms with Gasteiger partial charge in [-0.2, -0.15) is 11.3 Å². The van der Waals surface area contributed by atoms with E-state index in [0.29, 0.717) is 26.1 Å². The van der Waals surface area contributed by atoms with Gasteiger partial charge >= 0.3 is 0 Å². The van der Waals surface area contributed by atoms with Crippen molar-refractivity contribution in [1.29, 1.82) is 0 Å². The van der Waals surface area contributed by atoms with Gasteiger partial charge in [0.25, 0.3) is 5.91 Å². The second-order valence-corrected chi connectivity index (χ2v) is 4.55. The molecule has 0 spiro atoms. The van der Waals surface area contributed by atoms with E-state index >= 15 is 0 Å². The minimum atomic E-state index is -0.0265. The van der Waals surface area contributed by atoms with E-state index in [2.05, 4.69) is 0 Å². The molecule has 0 aromatic carbocycles. The maximum Gasteiger partial charge on any atom is 0.254 e. The first-order valence-electron chi connectivity index (χ1n) is 5.35. The topological polar surface area (TPSA) is 49.8 Å². The first kappa shape index (κ1) is 11.6.